The second-order valence-corrected chi connectivity index (χ2v) is 3.71. The summed E-state index contributed by atoms with van der Waals surface area (Å²) in [5, 5.41) is 3.13. The van der Waals surface area contributed by atoms with Gasteiger partial charge in [0.05, 0.1) is 0 Å². The van der Waals surface area contributed by atoms with Crippen molar-refractivity contribution in [3.05, 3.63) is 24.3 Å². The van der Waals surface area contributed by atoms with E-state index in [0.717, 1.165) is 37.3 Å². The first-order valence-electron chi connectivity index (χ1n) is 5.47. The monoisotopic (exact) mass is 207 g/mol. The fraction of sp³-hybridized carbons (Fsp3) is 0.500. The largest absolute Gasteiger partial charge is 0.451 e. The molecule has 15 heavy (non-hydrogen) atoms. The molecule has 0 aliphatic carbocycles. The van der Waals surface area contributed by atoms with Crippen LogP contribution in [0.15, 0.2) is 24.3 Å². The van der Waals surface area contributed by atoms with Gasteiger partial charge in [0.2, 0.25) is 6.29 Å². The standard InChI is InChI=1S/C12H17NO2/c1-13-9-5-4-8-12-14-10-6-2-3-7-11(10)15-12/h2-3,6-7,12-13H,4-5,8-9H2,1H3. The molecule has 82 valence electrons. The molecule has 0 amide bonds. The number of hydrogen-bond donors (Lipinski definition) is 1. The highest BCUT2D eigenvalue weighted by Gasteiger charge is 2.22. The highest BCUT2D eigenvalue weighted by atomic mass is 16.7. The summed E-state index contributed by atoms with van der Waals surface area (Å²) < 4.78 is 11.3. The van der Waals surface area contributed by atoms with Gasteiger partial charge in [0.25, 0.3) is 0 Å². The number of unbranched alkanes of at least 4 members (excludes halogenated alkanes) is 1. The Kier molecular flexibility index (Phi) is 3.45. The van der Waals surface area contributed by atoms with E-state index >= 15 is 0 Å². The molecule has 0 aromatic heterocycles. The number of nitrogens with one attached hydrogen (secondary N) is 1. The third-order valence-corrected chi connectivity index (χ3v) is 2.48. The summed E-state index contributed by atoms with van der Waals surface area (Å²) >= 11 is 0. The molecular weight excluding hydrogens is 190 g/mol. The van der Waals surface area contributed by atoms with Gasteiger partial charge in [0.1, 0.15) is 0 Å². The minimum Gasteiger partial charge on any atom is -0.451 e. The highest BCUT2D eigenvalue weighted by molar-refractivity contribution is 5.41. The van der Waals surface area contributed by atoms with Gasteiger partial charge >= 0.3 is 0 Å². The summed E-state index contributed by atoms with van der Waals surface area (Å²) in [5.41, 5.74) is 0. The van der Waals surface area contributed by atoms with Gasteiger partial charge in [0, 0.05) is 6.42 Å². The average Bonchev–Trinajstić information content (AvgIpc) is 2.67. The fourth-order valence-corrected chi connectivity index (χ4v) is 1.68. The molecule has 0 saturated carbocycles. The minimum absolute atomic E-state index is 0.0840. The van der Waals surface area contributed by atoms with Gasteiger partial charge < -0.3 is 14.8 Å². The van der Waals surface area contributed by atoms with Gasteiger partial charge in [-0.1, -0.05) is 12.1 Å². The van der Waals surface area contributed by atoms with E-state index in [2.05, 4.69) is 5.32 Å². The lowest BCUT2D eigenvalue weighted by Crippen LogP contribution is -2.18. The van der Waals surface area contributed by atoms with Crippen molar-refractivity contribution >= 4 is 0 Å². The zero-order chi connectivity index (χ0) is 10.5. The van der Waals surface area contributed by atoms with E-state index in [-0.39, 0.29) is 6.29 Å². The van der Waals surface area contributed by atoms with Crippen molar-refractivity contribution in [1.82, 2.24) is 5.32 Å². The molecule has 0 atom stereocenters. The lowest BCUT2D eigenvalue weighted by molar-refractivity contribution is 0.0397. The van der Waals surface area contributed by atoms with Crippen LogP contribution >= 0.6 is 0 Å². The molecule has 1 heterocycles. The van der Waals surface area contributed by atoms with E-state index in [1.165, 1.54) is 0 Å². The summed E-state index contributed by atoms with van der Waals surface area (Å²) in [6.45, 7) is 1.06. The van der Waals surface area contributed by atoms with Crippen molar-refractivity contribution in [3.63, 3.8) is 0 Å². The molecule has 1 aromatic rings. The van der Waals surface area contributed by atoms with Gasteiger partial charge in [-0.05, 0) is 38.6 Å². The van der Waals surface area contributed by atoms with Crippen molar-refractivity contribution in [3.8, 4) is 11.5 Å². The average molecular weight is 207 g/mol. The zero-order valence-electron chi connectivity index (χ0n) is 9.03. The summed E-state index contributed by atoms with van der Waals surface area (Å²) in [5.74, 6) is 1.74. The molecule has 3 nitrogen and oxygen atoms in total. The van der Waals surface area contributed by atoms with Gasteiger partial charge in [-0.3, -0.25) is 0 Å². The van der Waals surface area contributed by atoms with Crippen molar-refractivity contribution in [2.45, 2.75) is 25.6 Å². The molecule has 1 aliphatic rings. The number of rotatable bonds is 5. The van der Waals surface area contributed by atoms with Crippen LogP contribution in [-0.4, -0.2) is 19.9 Å². The Bertz CT molecular complexity index is 289. The predicted molar refractivity (Wildman–Crippen MR) is 59.3 cm³/mol. The Hall–Kier alpha value is -1.22. The molecule has 1 aromatic carbocycles. The van der Waals surface area contributed by atoms with Gasteiger partial charge in [-0.2, -0.15) is 0 Å². The number of ether oxygens (including phenoxy) is 2. The minimum atomic E-state index is -0.0840. The first-order chi connectivity index (χ1) is 7.40. The molecule has 0 fully saturated rings. The van der Waals surface area contributed by atoms with E-state index < -0.39 is 0 Å². The Morgan fingerprint density at radius 1 is 1.13 bits per heavy atom. The Morgan fingerprint density at radius 2 is 1.80 bits per heavy atom. The Labute approximate surface area is 90.4 Å². The maximum absolute atomic E-state index is 5.64. The topological polar surface area (TPSA) is 30.5 Å². The number of fused-ring (bicyclic) bond motifs is 1. The molecule has 0 radical (unpaired) electrons. The second kappa shape index (κ2) is 5.03. The maximum atomic E-state index is 5.64. The molecule has 0 bridgehead atoms. The third-order valence-electron chi connectivity index (χ3n) is 2.48. The number of benzene rings is 1. The molecule has 1 aliphatic heterocycles. The third kappa shape index (κ3) is 2.63. The summed E-state index contributed by atoms with van der Waals surface area (Å²) in [6, 6.07) is 7.82. The SMILES string of the molecule is CNCCCCC1Oc2ccccc2O1. The second-order valence-electron chi connectivity index (χ2n) is 3.71. The molecule has 3 heteroatoms. The first-order valence-corrected chi connectivity index (χ1v) is 5.47. The van der Waals surface area contributed by atoms with E-state index in [1.54, 1.807) is 0 Å². The zero-order valence-corrected chi connectivity index (χ0v) is 9.03. The van der Waals surface area contributed by atoms with Crippen LogP contribution in [0.4, 0.5) is 0 Å². The fourth-order valence-electron chi connectivity index (χ4n) is 1.68. The molecular formula is C12H17NO2. The maximum Gasteiger partial charge on any atom is 0.241 e. The highest BCUT2D eigenvalue weighted by Crippen LogP contribution is 2.35. The lowest BCUT2D eigenvalue weighted by Gasteiger charge is -2.09. The van der Waals surface area contributed by atoms with Crippen molar-refractivity contribution in [2.75, 3.05) is 13.6 Å². The van der Waals surface area contributed by atoms with Crippen LogP contribution in [0.25, 0.3) is 0 Å². The van der Waals surface area contributed by atoms with E-state index in [1.807, 2.05) is 31.3 Å². The first kappa shape index (κ1) is 10.3. The molecule has 0 saturated heterocycles. The quantitative estimate of drug-likeness (QED) is 0.751. The van der Waals surface area contributed by atoms with Crippen molar-refractivity contribution in [1.29, 1.82) is 0 Å². The van der Waals surface area contributed by atoms with Crippen LogP contribution in [0.5, 0.6) is 11.5 Å². The number of para-hydroxylation sites is 2. The van der Waals surface area contributed by atoms with Gasteiger partial charge in [0.15, 0.2) is 11.5 Å². The van der Waals surface area contributed by atoms with Crippen molar-refractivity contribution in [2.24, 2.45) is 0 Å². The lowest BCUT2D eigenvalue weighted by atomic mass is 10.2. The van der Waals surface area contributed by atoms with Crippen molar-refractivity contribution < 1.29 is 9.47 Å². The smallest absolute Gasteiger partial charge is 0.241 e. The van der Waals surface area contributed by atoms with Crippen LogP contribution in [-0.2, 0) is 0 Å². The van der Waals surface area contributed by atoms with Gasteiger partial charge in [-0.25, -0.2) is 0 Å². The molecule has 1 N–H and O–H groups in total. The van der Waals surface area contributed by atoms with Crippen LogP contribution in [0.3, 0.4) is 0 Å². The molecule has 0 spiro atoms. The number of hydrogen-bond acceptors (Lipinski definition) is 3. The van der Waals surface area contributed by atoms with E-state index in [4.69, 9.17) is 9.47 Å². The van der Waals surface area contributed by atoms with Crippen LogP contribution in [0.1, 0.15) is 19.3 Å². The van der Waals surface area contributed by atoms with Crippen LogP contribution in [0.2, 0.25) is 0 Å². The van der Waals surface area contributed by atoms with Crippen LogP contribution < -0.4 is 14.8 Å². The van der Waals surface area contributed by atoms with Crippen LogP contribution in [0, 0.1) is 0 Å². The van der Waals surface area contributed by atoms with E-state index in [0.29, 0.717) is 0 Å². The predicted octanol–water partition coefficient (Wildman–Crippen LogP) is 2.17. The van der Waals surface area contributed by atoms with E-state index in [9.17, 15) is 0 Å². The summed E-state index contributed by atoms with van der Waals surface area (Å²) in [7, 11) is 1.97. The van der Waals surface area contributed by atoms with Gasteiger partial charge in [-0.15, -0.1) is 0 Å². The normalized spacial score (nSPS) is 14.5. The summed E-state index contributed by atoms with van der Waals surface area (Å²) in [6.07, 6.45) is 3.16. The molecule has 2 rings (SSSR count). The molecule has 0 unspecified atom stereocenters. The summed E-state index contributed by atoms with van der Waals surface area (Å²) in [4.78, 5) is 0. The Morgan fingerprint density at radius 3 is 2.40 bits per heavy atom. The Balaban J connectivity index is 1.76.